The molecule has 0 aliphatic heterocycles. The average Bonchev–Trinajstić information content (AvgIpc) is 2.37. The van der Waals surface area contributed by atoms with Gasteiger partial charge in [0.1, 0.15) is 0 Å². The molecule has 0 fully saturated rings. The first-order chi connectivity index (χ1) is 8.65. The molecule has 1 rings (SSSR count). The predicted molar refractivity (Wildman–Crippen MR) is 70.8 cm³/mol. The van der Waals surface area contributed by atoms with Crippen LogP contribution >= 0.6 is 0 Å². The van der Waals surface area contributed by atoms with Gasteiger partial charge in [-0.1, -0.05) is 19.1 Å². The molecule has 4 heteroatoms. The average molecular weight is 245 g/mol. The van der Waals surface area contributed by atoms with Gasteiger partial charge in [-0.2, -0.15) is 5.26 Å². The summed E-state index contributed by atoms with van der Waals surface area (Å²) in [6.07, 6.45) is 0.464. The van der Waals surface area contributed by atoms with Crippen molar-refractivity contribution in [3.05, 3.63) is 35.4 Å². The van der Waals surface area contributed by atoms with Crippen LogP contribution < -0.4 is 10.6 Å². The maximum atomic E-state index is 11.6. The van der Waals surface area contributed by atoms with Gasteiger partial charge < -0.3 is 10.6 Å². The molecule has 1 amide bonds. The zero-order valence-electron chi connectivity index (χ0n) is 10.9. The Hall–Kier alpha value is -1.86. The molecular weight excluding hydrogens is 226 g/mol. The number of amides is 1. The molecule has 1 aromatic carbocycles. The number of carbonyl (C=O) groups excluding carboxylic acids is 1. The maximum absolute atomic E-state index is 11.6. The fourth-order valence-corrected chi connectivity index (χ4v) is 1.72. The fourth-order valence-electron chi connectivity index (χ4n) is 1.72. The molecule has 0 saturated carbocycles. The van der Waals surface area contributed by atoms with E-state index in [0.29, 0.717) is 18.5 Å². The Labute approximate surface area is 108 Å². The molecular formula is C14H19N3O. The van der Waals surface area contributed by atoms with Crippen LogP contribution in [-0.2, 0) is 11.3 Å². The van der Waals surface area contributed by atoms with Gasteiger partial charge in [0.2, 0.25) is 5.91 Å². The third kappa shape index (κ3) is 4.98. The molecule has 0 spiro atoms. The van der Waals surface area contributed by atoms with Crippen LogP contribution in [0.15, 0.2) is 24.3 Å². The highest BCUT2D eigenvalue weighted by atomic mass is 16.1. The number of nitriles is 1. The smallest absolute Gasteiger partial charge is 0.221 e. The summed E-state index contributed by atoms with van der Waals surface area (Å²) < 4.78 is 0. The molecule has 1 unspecified atom stereocenters. The second kappa shape index (κ2) is 7.46. The number of benzene rings is 1. The Balaban J connectivity index is 2.40. The van der Waals surface area contributed by atoms with Crippen LogP contribution in [0.2, 0.25) is 0 Å². The van der Waals surface area contributed by atoms with Crippen molar-refractivity contribution in [2.75, 3.05) is 6.54 Å². The standard InChI is InChI=1S/C14H19N3O/c1-3-16-11(2)7-14(18)17-10-13-6-4-5-12(8-13)9-15/h4-6,8,11,16H,3,7,10H2,1-2H3,(H,17,18). The zero-order chi connectivity index (χ0) is 13.4. The van der Waals surface area contributed by atoms with Crippen LogP contribution in [0.3, 0.4) is 0 Å². The molecule has 0 aromatic heterocycles. The summed E-state index contributed by atoms with van der Waals surface area (Å²) in [5.74, 6) is 0.0193. The summed E-state index contributed by atoms with van der Waals surface area (Å²) in [6.45, 7) is 5.33. The number of carbonyl (C=O) groups is 1. The first-order valence-electron chi connectivity index (χ1n) is 6.14. The lowest BCUT2D eigenvalue weighted by Crippen LogP contribution is -2.33. The van der Waals surface area contributed by atoms with Gasteiger partial charge in [-0.3, -0.25) is 4.79 Å². The zero-order valence-corrected chi connectivity index (χ0v) is 10.9. The fraction of sp³-hybridized carbons (Fsp3) is 0.429. The van der Waals surface area contributed by atoms with Crippen LogP contribution in [0, 0.1) is 11.3 Å². The molecule has 0 saturated heterocycles. The van der Waals surface area contributed by atoms with Crippen molar-refractivity contribution in [1.82, 2.24) is 10.6 Å². The van der Waals surface area contributed by atoms with E-state index >= 15 is 0 Å². The quantitative estimate of drug-likeness (QED) is 0.799. The molecule has 1 atom stereocenters. The number of rotatable bonds is 6. The van der Waals surface area contributed by atoms with Crippen molar-refractivity contribution < 1.29 is 4.79 Å². The van der Waals surface area contributed by atoms with E-state index < -0.39 is 0 Å². The highest BCUT2D eigenvalue weighted by Gasteiger charge is 2.07. The summed E-state index contributed by atoms with van der Waals surface area (Å²) in [5, 5.41) is 14.8. The van der Waals surface area contributed by atoms with E-state index in [-0.39, 0.29) is 11.9 Å². The minimum atomic E-state index is 0.0193. The second-order valence-electron chi connectivity index (χ2n) is 4.25. The Morgan fingerprint density at radius 1 is 1.50 bits per heavy atom. The summed E-state index contributed by atoms with van der Waals surface area (Å²) >= 11 is 0. The number of nitrogens with one attached hydrogen (secondary N) is 2. The highest BCUT2D eigenvalue weighted by Crippen LogP contribution is 2.03. The molecule has 0 aliphatic carbocycles. The van der Waals surface area contributed by atoms with Crippen LogP contribution in [0.5, 0.6) is 0 Å². The highest BCUT2D eigenvalue weighted by molar-refractivity contribution is 5.76. The van der Waals surface area contributed by atoms with Gasteiger partial charge in [-0.05, 0) is 31.2 Å². The molecule has 0 radical (unpaired) electrons. The van der Waals surface area contributed by atoms with Gasteiger partial charge in [0.05, 0.1) is 11.6 Å². The Bertz CT molecular complexity index is 437. The molecule has 96 valence electrons. The maximum Gasteiger partial charge on any atom is 0.221 e. The lowest BCUT2D eigenvalue weighted by Gasteiger charge is -2.12. The van der Waals surface area contributed by atoms with Gasteiger partial charge in [-0.15, -0.1) is 0 Å². The molecule has 2 N–H and O–H groups in total. The Morgan fingerprint density at radius 3 is 2.94 bits per heavy atom. The van der Waals surface area contributed by atoms with E-state index in [4.69, 9.17) is 5.26 Å². The van der Waals surface area contributed by atoms with Crippen LogP contribution in [0.4, 0.5) is 0 Å². The SMILES string of the molecule is CCNC(C)CC(=O)NCc1cccc(C#N)c1. The molecule has 4 nitrogen and oxygen atoms in total. The third-order valence-electron chi connectivity index (χ3n) is 2.59. The predicted octanol–water partition coefficient (Wildman–Crippen LogP) is 1.56. The molecule has 0 bridgehead atoms. The van der Waals surface area contributed by atoms with E-state index in [1.165, 1.54) is 0 Å². The van der Waals surface area contributed by atoms with E-state index in [1.807, 2.05) is 26.0 Å². The number of hydrogen-bond donors (Lipinski definition) is 2. The minimum Gasteiger partial charge on any atom is -0.352 e. The van der Waals surface area contributed by atoms with Crippen LogP contribution in [0.1, 0.15) is 31.4 Å². The second-order valence-corrected chi connectivity index (χ2v) is 4.25. The Morgan fingerprint density at radius 2 is 2.28 bits per heavy atom. The molecule has 0 aliphatic rings. The summed E-state index contributed by atoms with van der Waals surface area (Å²) in [4.78, 5) is 11.6. The lowest BCUT2D eigenvalue weighted by atomic mass is 10.1. The summed E-state index contributed by atoms with van der Waals surface area (Å²) in [6, 6.07) is 9.51. The van der Waals surface area contributed by atoms with E-state index in [1.54, 1.807) is 12.1 Å². The van der Waals surface area contributed by atoms with E-state index in [0.717, 1.165) is 12.1 Å². The van der Waals surface area contributed by atoms with Crippen LogP contribution in [0.25, 0.3) is 0 Å². The van der Waals surface area contributed by atoms with Gasteiger partial charge in [0.25, 0.3) is 0 Å². The van der Waals surface area contributed by atoms with Crippen LogP contribution in [-0.4, -0.2) is 18.5 Å². The molecule has 18 heavy (non-hydrogen) atoms. The van der Waals surface area contributed by atoms with Crippen molar-refractivity contribution in [2.24, 2.45) is 0 Å². The summed E-state index contributed by atoms with van der Waals surface area (Å²) in [5.41, 5.74) is 1.56. The van der Waals surface area contributed by atoms with E-state index in [9.17, 15) is 4.79 Å². The van der Waals surface area contributed by atoms with Gasteiger partial charge in [0, 0.05) is 19.0 Å². The third-order valence-corrected chi connectivity index (χ3v) is 2.59. The first kappa shape index (κ1) is 14.2. The number of hydrogen-bond acceptors (Lipinski definition) is 3. The Kier molecular flexibility index (Phi) is 5.89. The largest absolute Gasteiger partial charge is 0.352 e. The van der Waals surface area contributed by atoms with Crippen molar-refractivity contribution in [3.63, 3.8) is 0 Å². The van der Waals surface area contributed by atoms with Crippen molar-refractivity contribution in [1.29, 1.82) is 5.26 Å². The minimum absolute atomic E-state index is 0.0193. The van der Waals surface area contributed by atoms with Gasteiger partial charge in [-0.25, -0.2) is 0 Å². The monoisotopic (exact) mass is 245 g/mol. The summed E-state index contributed by atoms with van der Waals surface area (Å²) in [7, 11) is 0. The normalized spacial score (nSPS) is 11.6. The first-order valence-corrected chi connectivity index (χ1v) is 6.14. The van der Waals surface area contributed by atoms with Crippen molar-refractivity contribution >= 4 is 5.91 Å². The van der Waals surface area contributed by atoms with Crippen molar-refractivity contribution in [2.45, 2.75) is 32.9 Å². The van der Waals surface area contributed by atoms with Crippen molar-refractivity contribution in [3.8, 4) is 6.07 Å². The lowest BCUT2D eigenvalue weighted by molar-refractivity contribution is -0.121. The topological polar surface area (TPSA) is 64.9 Å². The van der Waals surface area contributed by atoms with Gasteiger partial charge in [0.15, 0.2) is 0 Å². The van der Waals surface area contributed by atoms with Gasteiger partial charge >= 0.3 is 0 Å². The number of nitrogens with zero attached hydrogens (tertiary/aromatic N) is 1. The molecule has 0 heterocycles. The molecule has 1 aromatic rings. The van der Waals surface area contributed by atoms with E-state index in [2.05, 4.69) is 16.7 Å².